The van der Waals surface area contributed by atoms with Crippen molar-refractivity contribution < 1.29 is 14.1 Å². The van der Waals surface area contributed by atoms with Gasteiger partial charge >= 0.3 is 0 Å². The molecule has 0 radical (unpaired) electrons. The van der Waals surface area contributed by atoms with Crippen LogP contribution in [0.25, 0.3) is 0 Å². The second-order valence-electron chi connectivity index (χ2n) is 7.19. The maximum atomic E-state index is 14.0. The lowest BCUT2D eigenvalue weighted by atomic mass is 9.96. The van der Waals surface area contributed by atoms with E-state index in [1.807, 2.05) is 0 Å². The summed E-state index contributed by atoms with van der Waals surface area (Å²) in [6.07, 6.45) is 10.6. The van der Waals surface area contributed by atoms with E-state index in [1.54, 1.807) is 11.6 Å². The minimum atomic E-state index is -0.713. The van der Waals surface area contributed by atoms with E-state index in [9.17, 15) is 14.1 Å². The zero-order chi connectivity index (χ0) is 20.6. The Morgan fingerprint density at radius 2 is 1.97 bits per heavy atom. The summed E-state index contributed by atoms with van der Waals surface area (Å²) >= 11 is 2.14. The molecule has 2 aromatic rings. The Kier molecular flexibility index (Phi) is 8.34. The van der Waals surface area contributed by atoms with Gasteiger partial charge in [0.2, 0.25) is 0 Å². The molecular weight excluding hydrogens is 416 g/mol. The maximum Gasteiger partial charge on any atom is 0.194 e. The van der Waals surface area contributed by atoms with Crippen LogP contribution in [0.15, 0.2) is 23.7 Å². The van der Waals surface area contributed by atoms with Crippen LogP contribution in [0.1, 0.15) is 56.4 Å². The van der Waals surface area contributed by atoms with Crippen LogP contribution >= 0.6 is 23.5 Å². The Bertz CT molecular complexity index is 755. The molecule has 2 fully saturated rings. The molecule has 10 heteroatoms. The molecule has 2 aliphatic rings. The summed E-state index contributed by atoms with van der Waals surface area (Å²) in [5, 5.41) is 15.6. The van der Waals surface area contributed by atoms with E-state index in [2.05, 4.69) is 22.1 Å². The summed E-state index contributed by atoms with van der Waals surface area (Å²) in [4.78, 5) is 3.98. The first-order chi connectivity index (χ1) is 14.1. The third-order valence-electron chi connectivity index (χ3n) is 5.11. The number of aromatic nitrogens is 1. The van der Waals surface area contributed by atoms with E-state index < -0.39 is 5.82 Å². The fourth-order valence-corrected chi connectivity index (χ4v) is 4.47. The van der Waals surface area contributed by atoms with E-state index >= 15 is 0 Å². The van der Waals surface area contributed by atoms with Gasteiger partial charge < -0.3 is 5.32 Å². The summed E-state index contributed by atoms with van der Waals surface area (Å²) in [5.74, 6) is -0.497. The van der Waals surface area contributed by atoms with Crippen molar-refractivity contribution in [2.75, 3.05) is 21.8 Å². The third kappa shape index (κ3) is 6.43. The van der Waals surface area contributed by atoms with Crippen LogP contribution < -0.4 is 20.0 Å². The highest BCUT2D eigenvalue weighted by Gasteiger charge is 2.28. The van der Waals surface area contributed by atoms with Gasteiger partial charge in [0.1, 0.15) is 5.69 Å². The lowest BCUT2D eigenvalue weighted by Crippen LogP contribution is -2.26. The molecule has 0 spiro atoms. The molecule has 160 valence electrons. The Labute approximate surface area is 178 Å². The molecule has 2 saturated carbocycles. The summed E-state index contributed by atoms with van der Waals surface area (Å²) in [6, 6.07) is 3.35. The maximum absolute atomic E-state index is 14.0. The van der Waals surface area contributed by atoms with Crippen molar-refractivity contribution in [2.24, 2.45) is 0 Å². The molecule has 29 heavy (non-hydrogen) atoms. The lowest BCUT2D eigenvalue weighted by molar-refractivity contribution is 0.328. The predicted molar refractivity (Wildman–Crippen MR) is 117 cm³/mol. The molecule has 1 aromatic carbocycles. The van der Waals surface area contributed by atoms with Gasteiger partial charge in [-0.2, -0.15) is 4.47 Å². The number of hydrogen-bond donors (Lipinski definition) is 4. The molecule has 1 heterocycles. The fraction of sp³-hybridized carbons (Fsp3) is 0.526. The van der Waals surface area contributed by atoms with Crippen LogP contribution in [0, 0.1) is 5.82 Å². The number of benzene rings is 1. The van der Waals surface area contributed by atoms with Crippen molar-refractivity contribution in [1.82, 2.24) is 10.3 Å². The van der Waals surface area contributed by atoms with Gasteiger partial charge in [-0.05, 0) is 50.3 Å². The first kappa shape index (κ1) is 22.1. The number of nitrogens with zero attached hydrogens (tertiary/aromatic N) is 2. The van der Waals surface area contributed by atoms with E-state index in [-0.39, 0.29) is 17.3 Å². The SMILES string of the molecule is CNC1CCCCC1.ON(SNc1nccs1)c1cc(C2CC2)c(NF)cc1F. The zero-order valence-electron chi connectivity index (χ0n) is 16.3. The van der Waals surface area contributed by atoms with Crippen LogP contribution in [0.4, 0.5) is 25.4 Å². The van der Waals surface area contributed by atoms with Crippen molar-refractivity contribution in [1.29, 1.82) is 0 Å². The molecule has 0 unspecified atom stereocenters. The monoisotopic (exact) mass is 443 g/mol. The minimum Gasteiger partial charge on any atom is -0.317 e. The van der Waals surface area contributed by atoms with Crippen molar-refractivity contribution in [3.8, 4) is 0 Å². The molecule has 0 atom stereocenters. The Balaban J connectivity index is 0.000000252. The van der Waals surface area contributed by atoms with Crippen LogP contribution in [-0.2, 0) is 0 Å². The van der Waals surface area contributed by atoms with Crippen molar-refractivity contribution in [3.05, 3.63) is 35.1 Å². The van der Waals surface area contributed by atoms with Gasteiger partial charge in [0.15, 0.2) is 10.9 Å². The number of halogens is 2. The Hall–Kier alpha value is -1.62. The quantitative estimate of drug-likeness (QED) is 0.242. The number of hydrogen-bond acceptors (Lipinski definition) is 8. The Morgan fingerprint density at radius 1 is 1.21 bits per heavy atom. The van der Waals surface area contributed by atoms with Gasteiger partial charge in [-0.3, -0.25) is 9.93 Å². The van der Waals surface area contributed by atoms with Crippen LogP contribution in [0.5, 0.6) is 0 Å². The van der Waals surface area contributed by atoms with E-state index in [1.165, 1.54) is 55.0 Å². The van der Waals surface area contributed by atoms with Gasteiger partial charge in [-0.25, -0.2) is 14.9 Å². The van der Waals surface area contributed by atoms with Gasteiger partial charge in [0, 0.05) is 23.7 Å². The standard InChI is InChI=1S/C12H12F2N4OS2.C7H15N/c13-9-6-10(16-14)8(7-1-2-7)5-11(9)18(19)21-17-12-15-3-4-20-12;1-8-7-5-3-2-4-6-7/h3-7,16,19H,1-2H2,(H,15,17);7-8H,2-6H2,1H3. The molecule has 4 N–H and O–H groups in total. The highest BCUT2D eigenvalue weighted by Crippen LogP contribution is 2.45. The predicted octanol–water partition coefficient (Wildman–Crippen LogP) is 5.87. The average Bonchev–Trinajstić information content (AvgIpc) is 3.47. The van der Waals surface area contributed by atoms with Crippen molar-refractivity contribution >= 4 is 40.0 Å². The van der Waals surface area contributed by atoms with E-state index in [4.69, 9.17) is 0 Å². The highest BCUT2D eigenvalue weighted by molar-refractivity contribution is 8.01. The number of rotatable bonds is 7. The van der Waals surface area contributed by atoms with Crippen molar-refractivity contribution in [3.63, 3.8) is 0 Å². The average molecular weight is 444 g/mol. The number of anilines is 3. The van der Waals surface area contributed by atoms with E-state index in [0.717, 1.165) is 37.1 Å². The summed E-state index contributed by atoms with van der Waals surface area (Å²) in [5.41, 5.74) is 2.27. The molecule has 6 nitrogen and oxygen atoms in total. The molecular formula is C19H27F2N5OS2. The van der Waals surface area contributed by atoms with Crippen LogP contribution in [0.3, 0.4) is 0 Å². The molecule has 2 aliphatic carbocycles. The molecule has 1 aromatic heterocycles. The third-order valence-corrected chi connectivity index (χ3v) is 6.58. The largest absolute Gasteiger partial charge is 0.317 e. The first-order valence-electron chi connectivity index (χ1n) is 9.81. The zero-order valence-corrected chi connectivity index (χ0v) is 18.0. The topological polar surface area (TPSA) is 72.5 Å². The smallest absolute Gasteiger partial charge is 0.194 e. The van der Waals surface area contributed by atoms with Gasteiger partial charge in [-0.1, -0.05) is 19.3 Å². The number of nitrogens with one attached hydrogen (secondary N) is 3. The highest BCUT2D eigenvalue weighted by atomic mass is 32.2. The van der Waals surface area contributed by atoms with Gasteiger partial charge in [-0.15, -0.1) is 15.8 Å². The van der Waals surface area contributed by atoms with Crippen molar-refractivity contribution in [2.45, 2.75) is 56.9 Å². The van der Waals surface area contributed by atoms with Gasteiger partial charge in [0.25, 0.3) is 0 Å². The second kappa shape index (κ2) is 11.0. The van der Waals surface area contributed by atoms with E-state index in [0.29, 0.717) is 15.2 Å². The minimum absolute atomic E-state index is 0.0232. The first-order valence-corrected chi connectivity index (χ1v) is 11.5. The molecule has 0 aliphatic heterocycles. The molecule has 0 bridgehead atoms. The summed E-state index contributed by atoms with van der Waals surface area (Å²) in [7, 11) is 2.07. The van der Waals surface area contributed by atoms with Gasteiger partial charge in [0.05, 0.1) is 17.8 Å². The molecule has 0 amide bonds. The molecule has 4 rings (SSSR count). The molecule has 0 saturated heterocycles. The summed E-state index contributed by atoms with van der Waals surface area (Å²) in [6.45, 7) is 0. The Morgan fingerprint density at radius 3 is 2.52 bits per heavy atom. The van der Waals surface area contributed by atoms with Crippen LogP contribution in [-0.4, -0.2) is 23.3 Å². The second-order valence-corrected chi connectivity index (χ2v) is 8.81. The number of thiazole rings is 1. The van der Waals surface area contributed by atoms with Crippen LogP contribution in [0.2, 0.25) is 0 Å². The lowest BCUT2D eigenvalue weighted by Gasteiger charge is -2.20. The fourth-order valence-electron chi connectivity index (χ4n) is 3.34. The normalized spacial score (nSPS) is 16.7. The summed E-state index contributed by atoms with van der Waals surface area (Å²) < 4.78 is 30.1.